The number of benzene rings is 2. The summed E-state index contributed by atoms with van der Waals surface area (Å²) < 4.78 is 0. The second kappa shape index (κ2) is 6.01. The molecular weight excluding hydrogens is 280 g/mol. The van der Waals surface area contributed by atoms with E-state index in [4.69, 9.17) is 4.98 Å². The number of aliphatic imine (C=N–C) groups is 1. The fourth-order valence-corrected chi connectivity index (χ4v) is 2.62. The molecule has 5 heteroatoms. The van der Waals surface area contributed by atoms with Crippen molar-refractivity contribution in [1.82, 2.24) is 10.4 Å². The fraction of sp³-hybridized carbons (Fsp3) is 0.125. The average Bonchev–Trinajstić information content (AvgIpc) is 2.54. The highest BCUT2D eigenvalue weighted by Gasteiger charge is 2.08. The Labute approximate surface area is 127 Å². The van der Waals surface area contributed by atoms with Crippen LogP contribution in [0, 0.1) is 0 Å². The normalized spacial score (nSPS) is 11.8. The zero-order valence-electron chi connectivity index (χ0n) is 11.9. The van der Waals surface area contributed by atoms with Gasteiger partial charge in [-0.05, 0) is 18.4 Å². The van der Waals surface area contributed by atoms with E-state index < -0.39 is 0 Å². The summed E-state index contributed by atoms with van der Waals surface area (Å²) in [5, 5.41) is 3.00. The van der Waals surface area contributed by atoms with E-state index in [1.54, 1.807) is 18.8 Å². The number of fused-ring (bicyclic) bond motifs is 2. The molecule has 0 saturated heterocycles. The summed E-state index contributed by atoms with van der Waals surface area (Å²) in [6, 6.07) is 16.2. The van der Waals surface area contributed by atoms with Gasteiger partial charge >= 0.3 is 0 Å². The molecule has 0 aliphatic heterocycles. The number of anilines is 1. The molecule has 0 radical (unpaired) electrons. The van der Waals surface area contributed by atoms with Crippen molar-refractivity contribution in [2.75, 3.05) is 18.7 Å². The maximum Gasteiger partial charge on any atom is 0.174 e. The number of para-hydroxylation sites is 2. The first-order chi connectivity index (χ1) is 10.3. The lowest BCUT2D eigenvalue weighted by Crippen LogP contribution is -2.27. The molecule has 21 heavy (non-hydrogen) atoms. The highest BCUT2D eigenvalue weighted by Crippen LogP contribution is 2.29. The van der Waals surface area contributed by atoms with Crippen LogP contribution in [0.5, 0.6) is 0 Å². The Morgan fingerprint density at radius 1 is 1.00 bits per heavy atom. The van der Waals surface area contributed by atoms with Gasteiger partial charge < -0.3 is 0 Å². The van der Waals surface area contributed by atoms with E-state index in [-0.39, 0.29) is 0 Å². The van der Waals surface area contributed by atoms with Gasteiger partial charge in [-0.15, -0.1) is 0 Å². The molecule has 106 valence electrons. The topological polar surface area (TPSA) is 49.3 Å². The molecule has 0 saturated carbocycles. The summed E-state index contributed by atoms with van der Waals surface area (Å²) >= 11 is 1.56. The zero-order valence-corrected chi connectivity index (χ0v) is 12.7. The number of thioether (sulfide) groups is 1. The van der Waals surface area contributed by atoms with Crippen LogP contribution < -0.4 is 10.9 Å². The predicted molar refractivity (Wildman–Crippen MR) is 92.9 cm³/mol. The van der Waals surface area contributed by atoms with Crippen molar-refractivity contribution in [3.8, 4) is 0 Å². The second-order valence-corrected chi connectivity index (χ2v) is 5.30. The lowest BCUT2D eigenvalue weighted by molar-refractivity contribution is 1.14. The lowest BCUT2D eigenvalue weighted by Gasteiger charge is -2.14. The Morgan fingerprint density at radius 2 is 1.57 bits per heavy atom. The van der Waals surface area contributed by atoms with Crippen molar-refractivity contribution >= 4 is 44.4 Å². The Morgan fingerprint density at radius 3 is 2.10 bits per heavy atom. The molecule has 0 atom stereocenters. The van der Waals surface area contributed by atoms with Crippen LogP contribution in [0.4, 0.5) is 5.69 Å². The lowest BCUT2D eigenvalue weighted by atomic mass is 10.1. The summed E-state index contributed by atoms with van der Waals surface area (Å²) in [7, 11) is 1.77. The standard InChI is InChI=1S/C16H16N4S/c1-17-16(21-2)20-19-15-11-7-3-5-9-13(11)18-14-10-6-4-8-12(14)15/h3-10H,1-2H3,(H,17,20)(H,18,19). The minimum absolute atomic E-state index is 0.833. The number of amidine groups is 1. The molecule has 0 spiro atoms. The van der Waals surface area contributed by atoms with Gasteiger partial charge in [0.25, 0.3) is 0 Å². The molecule has 0 unspecified atom stereocenters. The summed E-state index contributed by atoms with van der Waals surface area (Å²) in [4.78, 5) is 8.87. The third-order valence-electron chi connectivity index (χ3n) is 3.28. The number of hydrazine groups is 1. The van der Waals surface area contributed by atoms with Crippen molar-refractivity contribution in [2.45, 2.75) is 0 Å². The van der Waals surface area contributed by atoms with Gasteiger partial charge in [0.15, 0.2) is 5.17 Å². The summed E-state index contributed by atoms with van der Waals surface area (Å²) in [5.74, 6) is 0. The van der Waals surface area contributed by atoms with Crippen LogP contribution in [-0.2, 0) is 0 Å². The van der Waals surface area contributed by atoms with E-state index in [0.717, 1.165) is 32.7 Å². The third-order valence-corrected chi connectivity index (χ3v) is 3.95. The van der Waals surface area contributed by atoms with E-state index >= 15 is 0 Å². The third kappa shape index (κ3) is 2.64. The second-order valence-electron chi connectivity index (χ2n) is 4.50. The van der Waals surface area contributed by atoms with Gasteiger partial charge in [-0.25, -0.2) is 4.98 Å². The van der Waals surface area contributed by atoms with E-state index in [9.17, 15) is 0 Å². The molecule has 0 aliphatic rings. The monoisotopic (exact) mass is 296 g/mol. The Hall–Kier alpha value is -2.27. The first kappa shape index (κ1) is 13.7. The molecule has 4 nitrogen and oxygen atoms in total. The van der Waals surface area contributed by atoms with Crippen LogP contribution >= 0.6 is 11.8 Å². The molecule has 1 aromatic heterocycles. The molecule has 2 N–H and O–H groups in total. The fourth-order valence-electron chi connectivity index (χ4n) is 2.29. The SMILES string of the molecule is CN=C(NNc1c2ccccc2nc2ccccc12)SC. The predicted octanol–water partition coefficient (Wildman–Crippen LogP) is 3.65. The number of nitrogens with one attached hydrogen (secondary N) is 2. The van der Waals surface area contributed by atoms with E-state index in [1.165, 1.54) is 0 Å². The first-order valence-corrected chi connectivity index (χ1v) is 7.86. The van der Waals surface area contributed by atoms with Gasteiger partial charge in [0.05, 0.1) is 16.7 Å². The van der Waals surface area contributed by atoms with Crippen LogP contribution in [0.1, 0.15) is 0 Å². The number of pyridine rings is 1. The molecule has 2 aromatic carbocycles. The minimum Gasteiger partial charge on any atom is -0.298 e. The van der Waals surface area contributed by atoms with E-state index in [2.05, 4.69) is 28.0 Å². The van der Waals surface area contributed by atoms with E-state index in [0.29, 0.717) is 0 Å². The van der Waals surface area contributed by atoms with Gasteiger partial charge in [-0.3, -0.25) is 15.8 Å². The molecule has 0 amide bonds. The van der Waals surface area contributed by atoms with Crippen molar-refractivity contribution < 1.29 is 0 Å². The molecule has 0 fully saturated rings. The van der Waals surface area contributed by atoms with Crippen LogP contribution in [0.25, 0.3) is 21.8 Å². The molecular formula is C16H16N4S. The number of aromatic nitrogens is 1. The Kier molecular flexibility index (Phi) is 3.92. The van der Waals surface area contributed by atoms with Crippen molar-refractivity contribution in [3.63, 3.8) is 0 Å². The number of rotatable bonds is 2. The van der Waals surface area contributed by atoms with Gasteiger partial charge in [-0.2, -0.15) is 0 Å². The first-order valence-electron chi connectivity index (χ1n) is 6.64. The summed E-state index contributed by atoms with van der Waals surface area (Å²) in [6.45, 7) is 0. The molecule has 0 aliphatic carbocycles. The van der Waals surface area contributed by atoms with Crippen LogP contribution in [-0.4, -0.2) is 23.5 Å². The highest BCUT2D eigenvalue weighted by molar-refractivity contribution is 8.13. The maximum atomic E-state index is 4.70. The molecule has 3 rings (SSSR count). The maximum absolute atomic E-state index is 4.70. The zero-order chi connectivity index (χ0) is 14.7. The number of hydrogen-bond donors (Lipinski definition) is 2. The largest absolute Gasteiger partial charge is 0.298 e. The molecule has 0 bridgehead atoms. The van der Waals surface area contributed by atoms with Crippen molar-refractivity contribution in [1.29, 1.82) is 0 Å². The van der Waals surface area contributed by atoms with Crippen LogP contribution in [0.3, 0.4) is 0 Å². The average molecular weight is 296 g/mol. The number of hydrogen-bond acceptors (Lipinski definition) is 4. The minimum atomic E-state index is 0.833. The van der Waals surface area contributed by atoms with Gasteiger partial charge in [0.1, 0.15) is 0 Å². The highest BCUT2D eigenvalue weighted by atomic mass is 32.2. The summed E-state index contributed by atoms with van der Waals surface area (Å²) in [6.07, 6.45) is 1.99. The summed E-state index contributed by atoms with van der Waals surface area (Å²) in [5.41, 5.74) is 9.41. The quantitative estimate of drug-likeness (QED) is 0.328. The Bertz CT molecular complexity index is 760. The molecule has 1 heterocycles. The van der Waals surface area contributed by atoms with Crippen molar-refractivity contribution in [3.05, 3.63) is 48.5 Å². The molecule has 3 aromatic rings. The van der Waals surface area contributed by atoms with Crippen LogP contribution in [0.2, 0.25) is 0 Å². The van der Waals surface area contributed by atoms with Gasteiger partial charge in [-0.1, -0.05) is 48.2 Å². The van der Waals surface area contributed by atoms with Gasteiger partial charge in [0.2, 0.25) is 0 Å². The van der Waals surface area contributed by atoms with Gasteiger partial charge in [0, 0.05) is 17.8 Å². The number of nitrogens with zero attached hydrogens (tertiary/aromatic N) is 2. The van der Waals surface area contributed by atoms with E-state index in [1.807, 2.05) is 42.7 Å². The smallest absolute Gasteiger partial charge is 0.174 e. The Balaban J connectivity index is 2.16. The van der Waals surface area contributed by atoms with Crippen LogP contribution in [0.15, 0.2) is 53.5 Å². The van der Waals surface area contributed by atoms with Crippen molar-refractivity contribution in [2.24, 2.45) is 4.99 Å².